The van der Waals surface area contributed by atoms with Crippen LogP contribution >= 0.6 is 0 Å². The van der Waals surface area contributed by atoms with Crippen molar-refractivity contribution in [3.05, 3.63) is 41.7 Å². The highest BCUT2D eigenvalue weighted by Gasteiger charge is 2.52. The second-order valence-corrected chi connectivity index (χ2v) is 7.95. The Hall–Kier alpha value is -2.02. The number of carbonyl (C=O) groups excluding carboxylic acids is 1. The zero-order valence-electron chi connectivity index (χ0n) is 15.9. The molecule has 0 saturated heterocycles. The Bertz CT molecular complexity index is 694. The van der Waals surface area contributed by atoms with E-state index in [0.717, 1.165) is 38.5 Å². The standard InChI is InChI=1S/C21H27F3N2O2/c22-11-15(12-25)14-28-17-3-1-16(2-4-17)20-5-8-21(9-6-20,10-7-20)19(27)26-13-18(23)24/h1-4,11,18H,5-10,12-14,25H2,(H,26,27)/b15-11+. The zero-order valence-corrected chi connectivity index (χ0v) is 15.9. The fraction of sp³-hybridized carbons (Fsp3) is 0.571. The maximum Gasteiger partial charge on any atom is 0.255 e. The van der Waals surface area contributed by atoms with Crippen molar-refractivity contribution in [2.45, 2.75) is 50.4 Å². The molecule has 3 aliphatic carbocycles. The van der Waals surface area contributed by atoms with Crippen LogP contribution in [0, 0.1) is 5.41 Å². The number of hydrogen-bond acceptors (Lipinski definition) is 3. The molecule has 1 amide bonds. The number of amides is 1. The Balaban J connectivity index is 1.61. The first-order valence-electron chi connectivity index (χ1n) is 9.71. The average molecular weight is 396 g/mol. The first kappa shape index (κ1) is 20.7. The molecule has 3 N–H and O–H groups in total. The predicted octanol–water partition coefficient (Wildman–Crippen LogP) is 3.85. The third-order valence-corrected chi connectivity index (χ3v) is 6.45. The summed E-state index contributed by atoms with van der Waals surface area (Å²) in [6.45, 7) is -0.339. The van der Waals surface area contributed by atoms with Crippen LogP contribution in [-0.2, 0) is 10.2 Å². The summed E-state index contributed by atoms with van der Waals surface area (Å²) >= 11 is 0. The number of halogens is 3. The van der Waals surface area contributed by atoms with Crippen molar-refractivity contribution in [1.82, 2.24) is 5.32 Å². The molecule has 0 unspecified atom stereocenters. The molecule has 7 heteroatoms. The van der Waals surface area contributed by atoms with Gasteiger partial charge in [0.2, 0.25) is 5.91 Å². The highest BCUT2D eigenvalue weighted by atomic mass is 19.3. The van der Waals surface area contributed by atoms with Gasteiger partial charge in [0.25, 0.3) is 6.43 Å². The van der Waals surface area contributed by atoms with Gasteiger partial charge >= 0.3 is 0 Å². The lowest BCUT2D eigenvalue weighted by molar-refractivity contribution is -0.138. The molecule has 4 nitrogen and oxygen atoms in total. The molecule has 154 valence electrons. The highest BCUT2D eigenvalue weighted by molar-refractivity contribution is 5.83. The summed E-state index contributed by atoms with van der Waals surface area (Å²) in [6.07, 6.45) is 2.74. The summed E-state index contributed by atoms with van der Waals surface area (Å²) in [4.78, 5) is 12.4. The molecule has 28 heavy (non-hydrogen) atoms. The van der Waals surface area contributed by atoms with Crippen molar-refractivity contribution in [1.29, 1.82) is 0 Å². The van der Waals surface area contributed by atoms with E-state index in [4.69, 9.17) is 10.5 Å². The summed E-state index contributed by atoms with van der Waals surface area (Å²) in [7, 11) is 0. The predicted molar refractivity (Wildman–Crippen MR) is 101 cm³/mol. The number of rotatable bonds is 8. The largest absolute Gasteiger partial charge is 0.489 e. The number of hydrogen-bond donors (Lipinski definition) is 2. The fourth-order valence-electron chi connectivity index (χ4n) is 4.53. The smallest absolute Gasteiger partial charge is 0.255 e. The van der Waals surface area contributed by atoms with Gasteiger partial charge in [0.1, 0.15) is 12.4 Å². The van der Waals surface area contributed by atoms with E-state index in [1.807, 2.05) is 24.3 Å². The maximum absolute atomic E-state index is 12.6. The molecular formula is C21H27F3N2O2. The van der Waals surface area contributed by atoms with Crippen molar-refractivity contribution >= 4 is 5.91 Å². The van der Waals surface area contributed by atoms with E-state index in [1.165, 1.54) is 5.56 Å². The maximum atomic E-state index is 12.6. The third kappa shape index (κ3) is 4.19. The van der Waals surface area contributed by atoms with Crippen molar-refractivity contribution in [3.63, 3.8) is 0 Å². The Labute approximate surface area is 163 Å². The minimum absolute atomic E-state index is 0.0323. The fourth-order valence-corrected chi connectivity index (χ4v) is 4.53. The Morgan fingerprint density at radius 1 is 1.14 bits per heavy atom. The number of ether oxygens (including phenoxy) is 1. The molecule has 0 radical (unpaired) electrons. The first-order chi connectivity index (χ1) is 13.4. The van der Waals surface area contributed by atoms with E-state index < -0.39 is 18.4 Å². The van der Waals surface area contributed by atoms with Gasteiger partial charge < -0.3 is 15.8 Å². The van der Waals surface area contributed by atoms with Crippen LogP contribution in [0.2, 0.25) is 0 Å². The molecular weight excluding hydrogens is 369 g/mol. The summed E-state index contributed by atoms with van der Waals surface area (Å²) in [6, 6.07) is 7.82. The summed E-state index contributed by atoms with van der Waals surface area (Å²) in [5.74, 6) is 0.432. The molecule has 0 spiro atoms. The van der Waals surface area contributed by atoms with Crippen molar-refractivity contribution in [2.75, 3.05) is 19.7 Å². The molecule has 3 aliphatic rings. The lowest BCUT2D eigenvalue weighted by Gasteiger charge is -2.52. The lowest BCUT2D eigenvalue weighted by atomic mass is 9.51. The van der Waals surface area contributed by atoms with Gasteiger partial charge in [-0.15, -0.1) is 0 Å². The summed E-state index contributed by atoms with van der Waals surface area (Å²) < 4.78 is 42.9. The number of carbonyl (C=O) groups is 1. The minimum Gasteiger partial charge on any atom is -0.489 e. The van der Waals surface area contributed by atoms with E-state index in [1.54, 1.807) is 0 Å². The molecule has 4 rings (SSSR count). The van der Waals surface area contributed by atoms with Gasteiger partial charge in [0.15, 0.2) is 0 Å². The van der Waals surface area contributed by atoms with E-state index in [0.29, 0.717) is 17.7 Å². The monoisotopic (exact) mass is 396 g/mol. The van der Waals surface area contributed by atoms with Crippen LogP contribution < -0.4 is 15.8 Å². The highest BCUT2D eigenvalue weighted by Crippen LogP contribution is 2.57. The van der Waals surface area contributed by atoms with Crippen LogP contribution in [0.25, 0.3) is 0 Å². The molecule has 2 bridgehead atoms. The second kappa shape index (κ2) is 8.55. The van der Waals surface area contributed by atoms with E-state index in [9.17, 15) is 18.0 Å². The van der Waals surface area contributed by atoms with Gasteiger partial charge in [-0.05, 0) is 61.6 Å². The van der Waals surface area contributed by atoms with Gasteiger partial charge in [-0.3, -0.25) is 4.79 Å². The van der Waals surface area contributed by atoms with Crippen LogP contribution in [0.4, 0.5) is 13.2 Å². The second-order valence-electron chi connectivity index (χ2n) is 7.95. The number of nitrogens with two attached hydrogens (primary N) is 1. The molecule has 0 aromatic heterocycles. The third-order valence-electron chi connectivity index (χ3n) is 6.45. The van der Waals surface area contributed by atoms with Gasteiger partial charge in [-0.1, -0.05) is 12.1 Å². The van der Waals surface area contributed by atoms with Crippen LogP contribution in [0.15, 0.2) is 36.2 Å². The van der Waals surface area contributed by atoms with Crippen molar-refractivity contribution in [3.8, 4) is 5.75 Å². The topological polar surface area (TPSA) is 64.3 Å². The van der Waals surface area contributed by atoms with Crippen LogP contribution in [-0.4, -0.2) is 32.0 Å². The molecule has 3 saturated carbocycles. The van der Waals surface area contributed by atoms with E-state index >= 15 is 0 Å². The number of alkyl halides is 2. The molecule has 0 heterocycles. The normalized spacial score (nSPS) is 27.1. The number of fused-ring (bicyclic) bond motifs is 3. The number of benzene rings is 1. The average Bonchev–Trinajstić information content (AvgIpc) is 2.74. The molecule has 0 aliphatic heterocycles. The Kier molecular flexibility index (Phi) is 6.33. The van der Waals surface area contributed by atoms with Crippen LogP contribution in [0.1, 0.15) is 44.1 Å². The van der Waals surface area contributed by atoms with E-state index in [2.05, 4.69) is 5.32 Å². The molecule has 1 aromatic carbocycles. The van der Waals surface area contributed by atoms with Gasteiger partial charge in [0.05, 0.1) is 12.9 Å². The summed E-state index contributed by atoms with van der Waals surface area (Å²) in [5.41, 5.74) is 6.57. The molecule has 1 aromatic rings. The molecule has 0 atom stereocenters. The van der Waals surface area contributed by atoms with Gasteiger partial charge in [-0.25, -0.2) is 13.2 Å². The van der Waals surface area contributed by atoms with Gasteiger partial charge in [0, 0.05) is 17.5 Å². The molecule has 3 fully saturated rings. The van der Waals surface area contributed by atoms with Crippen LogP contribution in [0.3, 0.4) is 0 Å². The SMILES string of the molecule is NC/C(=C\F)COc1ccc(C23CCC(C(=O)NCC(F)F)(CC2)CC3)cc1. The van der Waals surface area contributed by atoms with Crippen molar-refractivity contribution < 1.29 is 22.7 Å². The van der Waals surface area contributed by atoms with Crippen LogP contribution in [0.5, 0.6) is 5.75 Å². The lowest BCUT2D eigenvalue weighted by Crippen LogP contribution is -2.52. The van der Waals surface area contributed by atoms with Gasteiger partial charge in [-0.2, -0.15) is 0 Å². The van der Waals surface area contributed by atoms with E-state index in [-0.39, 0.29) is 24.5 Å². The summed E-state index contributed by atoms with van der Waals surface area (Å²) in [5, 5.41) is 2.42. The minimum atomic E-state index is -2.52. The Morgan fingerprint density at radius 3 is 2.25 bits per heavy atom. The quantitative estimate of drug-likeness (QED) is 0.702. The van der Waals surface area contributed by atoms with Crippen molar-refractivity contribution in [2.24, 2.45) is 11.1 Å². The first-order valence-corrected chi connectivity index (χ1v) is 9.71. The zero-order chi connectivity index (χ0) is 20.2. The number of nitrogens with one attached hydrogen (secondary N) is 1. The Morgan fingerprint density at radius 2 is 1.75 bits per heavy atom.